The fraction of sp³-hybridized carbons (Fsp3) is 0.379. The third-order valence-corrected chi connectivity index (χ3v) is 6.45. The zero-order chi connectivity index (χ0) is 28.0. The molecule has 4 nitrogen and oxygen atoms in total. The number of aliphatic hydroxyl groups is 1. The summed E-state index contributed by atoms with van der Waals surface area (Å²) in [7, 11) is 0. The van der Waals surface area contributed by atoms with Gasteiger partial charge in [0.2, 0.25) is 0 Å². The van der Waals surface area contributed by atoms with E-state index in [-0.39, 0.29) is 24.5 Å². The number of rotatable bonds is 12. The Morgan fingerprint density at radius 1 is 1.21 bits per heavy atom. The summed E-state index contributed by atoms with van der Waals surface area (Å²) in [5.74, 6) is -0.375. The summed E-state index contributed by atoms with van der Waals surface area (Å²) in [4.78, 5) is 0.918. The Hall–Kier alpha value is -3.33. The number of nitrogens with zero attached hydrogens (tertiary/aromatic N) is 1. The zero-order valence-corrected chi connectivity index (χ0v) is 21.8. The summed E-state index contributed by atoms with van der Waals surface area (Å²) in [6, 6.07) is 7.17. The van der Waals surface area contributed by atoms with Gasteiger partial charge in [0.15, 0.2) is 0 Å². The maximum absolute atomic E-state index is 14.5. The van der Waals surface area contributed by atoms with E-state index in [9.17, 15) is 27.1 Å². The van der Waals surface area contributed by atoms with Gasteiger partial charge < -0.3 is 15.2 Å². The third-order valence-electron chi connectivity index (χ3n) is 6.45. The van der Waals surface area contributed by atoms with Gasteiger partial charge >= 0.3 is 12.9 Å². The van der Waals surface area contributed by atoms with E-state index in [0.717, 1.165) is 29.0 Å². The van der Waals surface area contributed by atoms with Crippen LogP contribution in [-0.2, 0) is 13.0 Å². The van der Waals surface area contributed by atoms with Crippen molar-refractivity contribution in [1.29, 1.82) is 0 Å². The largest absolute Gasteiger partial charge is 0.573 e. The molecular formula is C29H33F5N2O2. The first kappa shape index (κ1) is 29.2. The molecule has 0 aromatic heterocycles. The Labute approximate surface area is 220 Å². The molecule has 0 saturated heterocycles. The molecule has 0 spiro atoms. The van der Waals surface area contributed by atoms with Crippen LogP contribution in [0.5, 0.6) is 5.75 Å². The van der Waals surface area contributed by atoms with Crippen molar-refractivity contribution < 1.29 is 31.8 Å². The van der Waals surface area contributed by atoms with Crippen molar-refractivity contribution in [2.45, 2.75) is 65.9 Å². The molecule has 0 heterocycles. The highest BCUT2D eigenvalue weighted by Gasteiger charge is 2.31. The van der Waals surface area contributed by atoms with Gasteiger partial charge in [-0.2, -0.15) is 8.78 Å². The van der Waals surface area contributed by atoms with Crippen molar-refractivity contribution in [2.24, 2.45) is 0 Å². The van der Waals surface area contributed by atoms with Crippen LogP contribution < -0.4 is 15.0 Å². The Balaban J connectivity index is 2.21. The molecule has 2 aromatic rings. The minimum atomic E-state index is -4.82. The zero-order valence-electron chi connectivity index (χ0n) is 21.8. The lowest BCUT2D eigenvalue weighted by Gasteiger charge is -2.29. The van der Waals surface area contributed by atoms with E-state index >= 15 is 0 Å². The van der Waals surface area contributed by atoms with Crippen LogP contribution in [0.25, 0.3) is 11.1 Å². The average Bonchev–Trinajstić information content (AvgIpc) is 3.69. The van der Waals surface area contributed by atoms with E-state index in [2.05, 4.69) is 16.6 Å². The topological polar surface area (TPSA) is 44.7 Å². The van der Waals surface area contributed by atoms with Crippen molar-refractivity contribution in [3.8, 4) is 16.9 Å². The molecule has 1 fully saturated rings. The van der Waals surface area contributed by atoms with Crippen LogP contribution in [0.1, 0.15) is 49.8 Å². The number of anilines is 1. The van der Waals surface area contributed by atoms with Gasteiger partial charge in [0.25, 0.3) is 0 Å². The van der Waals surface area contributed by atoms with Gasteiger partial charge in [-0.05, 0) is 97.2 Å². The minimum absolute atomic E-state index is 0.147. The Morgan fingerprint density at radius 3 is 2.37 bits per heavy atom. The molecule has 0 bridgehead atoms. The fourth-order valence-corrected chi connectivity index (χ4v) is 4.32. The summed E-state index contributed by atoms with van der Waals surface area (Å²) in [5.41, 5.74) is 6.05. The predicted molar refractivity (Wildman–Crippen MR) is 140 cm³/mol. The smallest absolute Gasteiger partial charge is 0.406 e. The number of hydrogen-bond acceptors (Lipinski definition) is 4. The maximum Gasteiger partial charge on any atom is 0.573 e. The molecule has 3 rings (SSSR count). The molecular weight excluding hydrogens is 503 g/mol. The molecule has 0 aliphatic heterocycles. The van der Waals surface area contributed by atoms with Crippen molar-refractivity contribution in [3.05, 3.63) is 82.7 Å². The monoisotopic (exact) mass is 536 g/mol. The molecule has 0 atom stereocenters. The summed E-state index contributed by atoms with van der Waals surface area (Å²) >= 11 is 0. The van der Waals surface area contributed by atoms with Gasteiger partial charge in [-0.15, -0.1) is 13.2 Å². The van der Waals surface area contributed by atoms with Crippen molar-refractivity contribution in [2.75, 3.05) is 11.5 Å². The summed E-state index contributed by atoms with van der Waals surface area (Å²) in [5, 5.41) is 13.2. The van der Waals surface area contributed by atoms with E-state index in [1.807, 2.05) is 13.0 Å². The van der Waals surface area contributed by atoms with Crippen LogP contribution in [0, 0.1) is 6.92 Å². The lowest BCUT2D eigenvalue weighted by Crippen LogP contribution is -2.27. The molecule has 2 aromatic carbocycles. The lowest BCUT2D eigenvalue weighted by atomic mass is 9.90. The van der Waals surface area contributed by atoms with E-state index < -0.39 is 12.9 Å². The second-order valence-electron chi connectivity index (χ2n) is 9.17. The van der Waals surface area contributed by atoms with Crippen LogP contribution >= 0.6 is 0 Å². The highest BCUT2D eigenvalue weighted by molar-refractivity contribution is 5.79. The second-order valence-corrected chi connectivity index (χ2v) is 9.17. The van der Waals surface area contributed by atoms with Crippen LogP contribution in [0.2, 0.25) is 0 Å². The Kier molecular flexibility index (Phi) is 9.60. The lowest BCUT2D eigenvalue weighted by molar-refractivity contribution is -0.274. The van der Waals surface area contributed by atoms with Crippen LogP contribution in [-0.4, -0.2) is 24.6 Å². The number of nitrogens with one attached hydrogen (secondary N) is 1. The number of benzene rings is 2. The van der Waals surface area contributed by atoms with Crippen molar-refractivity contribution in [3.63, 3.8) is 0 Å². The van der Waals surface area contributed by atoms with Crippen LogP contribution in [0.15, 0.2) is 66.0 Å². The first-order valence-corrected chi connectivity index (χ1v) is 12.4. The van der Waals surface area contributed by atoms with Gasteiger partial charge in [0, 0.05) is 25.0 Å². The molecule has 38 heavy (non-hydrogen) atoms. The summed E-state index contributed by atoms with van der Waals surface area (Å²) < 4.78 is 70.9. The molecule has 0 radical (unpaired) electrons. The third kappa shape index (κ3) is 7.37. The first-order valence-electron chi connectivity index (χ1n) is 12.4. The van der Waals surface area contributed by atoms with E-state index in [4.69, 9.17) is 0 Å². The first-order chi connectivity index (χ1) is 18.0. The predicted octanol–water partition coefficient (Wildman–Crippen LogP) is 7.76. The van der Waals surface area contributed by atoms with Gasteiger partial charge in [-0.25, -0.2) is 0 Å². The molecule has 206 valence electrons. The molecule has 1 aliphatic rings. The Bertz CT molecular complexity index is 1190. The molecule has 0 amide bonds. The molecule has 9 heteroatoms. The average molecular weight is 537 g/mol. The van der Waals surface area contributed by atoms with Gasteiger partial charge in [-0.3, -0.25) is 4.90 Å². The highest BCUT2D eigenvalue weighted by Crippen LogP contribution is 2.40. The molecule has 2 N–H and O–H groups in total. The van der Waals surface area contributed by atoms with Crippen molar-refractivity contribution in [1.82, 2.24) is 5.32 Å². The quantitative estimate of drug-likeness (QED) is 0.215. The maximum atomic E-state index is 14.5. The number of ether oxygens (including phenoxy) is 1. The van der Waals surface area contributed by atoms with Crippen LogP contribution in [0.3, 0.4) is 0 Å². The summed E-state index contributed by atoms with van der Waals surface area (Å²) in [6.07, 6.45) is 0.967. The van der Waals surface area contributed by atoms with Gasteiger partial charge in [-0.1, -0.05) is 31.2 Å². The molecule has 1 saturated carbocycles. The number of alkyl halides is 5. The second kappa shape index (κ2) is 12.5. The number of hydrogen-bond donors (Lipinski definition) is 2. The summed E-state index contributed by atoms with van der Waals surface area (Å²) in [6.45, 7) is 6.38. The number of allylic oxidation sites excluding steroid dienone is 3. The van der Waals surface area contributed by atoms with Gasteiger partial charge in [0.05, 0.1) is 5.69 Å². The SMILES string of the molecule is C=CC(NCc1cc(-c2ccc(OC(F)(F)F)cc2)c(C)c(N(/C=C(\C)CC)C(F)F)c1CCO)=C1CC1. The number of halogens is 5. The Morgan fingerprint density at radius 2 is 1.87 bits per heavy atom. The van der Waals surface area contributed by atoms with E-state index in [1.54, 1.807) is 19.9 Å². The molecule has 0 unspecified atom stereocenters. The van der Waals surface area contributed by atoms with Gasteiger partial charge in [0.1, 0.15) is 5.75 Å². The fourth-order valence-electron chi connectivity index (χ4n) is 4.32. The normalized spacial score (nSPS) is 13.5. The highest BCUT2D eigenvalue weighted by atomic mass is 19.4. The van der Waals surface area contributed by atoms with Crippen LogP contribution in [0.4, 0.5) is 27.6 Å². The van der Waals surface area contributed by atoms with Crippen molar-refractivity contribution >= 4 is 5.69 Å². The van der Waals surface area contributed by atoms with E-state index in [1.165, 1.54) is 36.0 Å². The minimum Gasteiger partial charge on any atom is -0.406 e. The standard InChI is InChI=1S/C29H33F5N2O2/c1-5-18(3)17-36(28(30)31)27-19(4)25(20-9-11-23(12-10-20)38-29(32,33)34)15-22(24(27)13-14-37)16-35-26(6-2)21-7-8-21/h6,9-12,15,17,28,35,37H,2,5,7-8,13-14,16H2,1,3-4H3/b18-17+. The molecule has 1 aliphatic carbocycles. The van der Waals surface area contributed by atoms with E-state index in [0.29, 0.717) is 40.8 Å². The number of aliphatic hydroxyl groups excluding tert-OH is 1.